The maximum Gasteiger partial charge on any atom is 0.405 e. The Labute approximate surface area is 160 Å². The quantitative estimate of drug-likeness (QED) is 0.593. The number of anilines is 1. The molecule has 0 aliphatic carbocycles. The van der Waals surface area contributed by atoms with Crippen molar-refractivity contribution in [3.63, 3.8) is 0 Å². The molecule has 0 spiro atoms. The van der Waals surface area contributed by atoms with Gasteiger partial charge in [0.2, 0.25) is 11.7 Å². The standard InChI is InChI=1S/C17H14F4N4O2S/c1-9-12(18)4-11(16(26)23-8-17(19,20)21)5-13(9)22-6-14-24-15(25-27-14)10-2-3-28-7-10/h2-5,7,22H,6,8H2,1H3,(H,23,26). The Bertz CT molecular complexity index is 970. The number of amides is 1. The number of halogens is 4. The third-order valence-corrected chi connectivity index (χ3v) is 4.42. The summed E-state index contributed by atoms with van der Waals surface area (Å²) in [5, 5.41) is 12.1. The molecular formula is C17H14F4N4O2S. The number of carbonyl (C=O) groups excluding carboxylic acids is 1. The van der Waals surface area contributed by atoms with Gasteiger partial charge in [-0.1, -0.05) is 5.16 Å². The lowest BCUT2D eigenvalue weighted by Crippen LogP contribution is -2.33. The minimum atomic E-state index is -4.56. The lowest BCUT2D eigenvalue weighted by Gasteiger charge is -2.12. The van der Waals surface area contributed by atoms with Crippen LogP contribution in [0.3, 0.4) is 0 Å². The van der Waals surface area contributed by atoms with Gasteiger partial charge in [0.15, 0.2) is 0 Å². The van der Waals surface area contributed by atoms with Crippen molar-refractivity contribution >= 4 is 22.9 Å². The van der Waals surface area contributed by atoms with Crippen LogP contribution in [0.15, 0.2) is 33.5 Å². The summed E-state index contributed by atoms with van der Waals surface area (Å²) < 4.78 is 55.9. The lowest BCUT2D eigenvalue weighted by atomic mass is 10.1. The van der Waals surface area contributed by atoms with Crippen molar-refractivity contribution in [2.75, 3.05) is 11.9 Å². The molecule has 0 bridgehead atoms. The maximum atomic E-state index is 14.1. The third-order valence-electron chi connectivity index (χ3n) is 3.73. The Hall–Kier alpha value is -2.95. The van der Waals surface area contributed by atoms with E-state index >= 15 is 0 Å². The largest absolute Gasteiger partial charge is 0.405 e. The van der Waals surface area contributed by atoms with Crippen LogP contribution in [-0.2, 0) is 6.54 Å². The van der Waals surface area contributed by atoms with E-state index in [1.165, 1.54) is 24.3 Å². The first-order valence-corrected chi connectivity index (χ1v) is 8.91. The summed E-state index contributed by atoms with van der Waals surface area (Å²) in [4.78, 5) is 16.1. The number of carbonyl (C=O) groups is 1. The molecule has 148 valence electrons. The molecule has 0 aliphatic rings. The summed E-state index contributed by atoms with van der Waals surface area (Å²) >= 11 is 1.48. The number of rotatable bonds is 6. The second-order valence-electron chi connectivity index (χ2n) is 5.81. The zero-order valence-corrected chi connectivity index (χ0v) is 15.2. The second-order valence-corrected chi connectivity index (χ2v) is 6.59. The number of hydrogen-bond donors (Lipinski definition) is 2. The van der Waals surface area contributed by atoms with Gasteiger partial charge in [-0.05, 0) is 30.5 Å². The van der Waals surface area contributed by atoms with E-state index in [4.69, 9.17) is 4.52 Å². The summed E-state index contributed by atoms with van der Waals surface area (Å²) in [6, 6.07) is 3.98. The van der Waals surface area contributed by atoms with Crippen molar-refractivity contribution in [2.45, 2.75) is 19.6 Å². The van der Waals surface area contributed by atoms with Crippen LogP contribution in [0.2, 0.25) is 0 Å². The van der Waals surface area contributed by atoms with E-state index in [-0.39, 0.29) is 29.2 Å². The molecule has 28 heavy (non-hydrogen) atoms. The average Bonchev–Trinajstić information content (AvgIpc) is 3.31. The molecule has 6 nitrogen and oxygen atoms in total. The highest BCUT2D eigenvalue weighted by Crippen LogP contribution is 2.23. The first-order chi connectivity index (χ1) is 13.2. The highest BCUT2D eigenvalue weighted by molar-refractivity contribution is 7.08. The maximum absolute atomic E-state index is 14.1. The van der Waals surface area contributed by atoms with Crippen molar-refractivity contribution in [3.05, 3.63) is 51.8 Å². The van der Waals surface area contributed by atoms with E-state index in [9.17, 15) is 22.4 Å². The van der Waals surface area contributed by atoms with E-state index < -0.39 is 24.4 Å². The zero-order valence-electron chi connectivity index (χ0n) is 14.4. The monoisotopic (exact) mass is 414 g/mol. The SMILES string of the molecule is Cc1c(F)cc(C(=O)NCC(F)(F)F)cc1NCc1nc(-c2ccsc2)no1. The van der Waals surface area contributed by atoms with Crippen molar-refractivity contribution in [3.8, 4) is 11.4 Å². The smallest absolute Gasteiger partial charge is 0.376 e. The molecular weight excluding hydrogens is 400 g/mol. The van der Waals surface area contributed by atoms with Crippen molar-refractivity contribution in [1.82, 2.24) is 15.5 Å². The van der Waals surface area contributed by atoms with Crippen LogP contribution < -0.4 is 10.6 Å². The van der Waals surface area contributed by atoms with Gasteiger partial charge >= 0.3 is 6.18 Å². The van der Waals surface area contributed by atoms with E-state index in [0.29, 0.717) is 5.82 Å². The van der Waals surface area contributed by atoms with Gasteiger partial charge < -0.3 is 15.2 Å². The average molecular weight is 414 g/mol. The Morgan fingerprint density at radius 3 is 2.79 bits per heavy atom. The van der Waals surface area contributed by atoms with E-state index in [2.05, 4.69) is 15.5 Å². The molecule has 2 heterocycles. The van der Waals surface area contributed by atoms with E-state index in [0.717, 1.165) is 11.6 Å². The summed E-state index contributed by atoms with van der Waals surface area (Å²) in [7, 11) is 0. The van der Waals surface area contributed by atoms with Gasteiger partial charge in [-0.25, -0.2) is 4.39 Å². The molecule has 0 radical (unpaired) electrons. The Morgan fingerprint density at radius 2 is 2.11 bits per heavy atom. The minimum Gasteiger partial charge on any atom is -0.376 e. The molecule has 1 amide bonds. The van der Waals surface area contributed by atoms with Gasteiger partial charge in [0.1, 0.15) is 12.4 Å². The number of aromatic nitrogens is 2. The van der Waals surface area contributed by atoms with Crippen molar-refractivity contribution < 1.29 is 26.9 Å². The molecule has 2 N–H and O–H groups in total. The summed E-state index contributed by atoms with van der Waals surface area (Å²) in [6.45, 7) is 0.0160. The van der Waals surface area contributed by atoms with Gasteiger partial charge in [-0.15, -0.1) is 0 Å². The molecule has 0 saturated heterocycles. The van der Waals surface area contributed by atoms with Crippen LogP contribution in [0.5, 0.6) is 0 Å². The molecule has 0 aliphatic heterocycles. The first kappa shape index (κ1) is 19.8. The third kappa shape index (κ3) is 4.85. The molecule has 1 aromatic carbocycles. The van der Waals surface area contributed by atoms with Gasteiger partial charge in [0.25, 0.3) is 5.91 Å². The molecule has 0 saturated carbocycles. The summed E-state index contributed by atoms with van der Waals surface area (Å²) in [5.41, 5.74) is 0.988. The molecule has 0 unspecified atom stereocenters. The van der Waals surface area contributed by atoms with Gasteiger partial charge in [-0.3, -0.25) is 4.79 Å². The molecule has 3 aromatic rings. The fraction of sp³-hybridized carbons (Fsp3) is 0.235. The Balaban J connectivity index is 1.71. The van der Waals surface area contributed by atoms with Gasteiger partial charge in [0, 0.05) is 27.8 Å². The van der Waals surface area contributed by atoms with Crippen LogP contribution in [0.4, 0.5) is 23.2 Å². The van der Waals surface area contributed by atoms with Crippen LogP contribution in [-0.4, -0.2) is 28.8 Å². The fourth-order valence-electron chi connectivity index (χ4n) is 2.28. The van der Waals surface area contributed by atoms with E-state index in [1.807, 2.05) is 16.8 Å². The topological polar surface area (TPSA) is 80.0 Å². The zero-order chi connectivity index (χ0) is 20.3. The number of alkyl halides is 3. The second kappa shape index (κ2) is 7.97. The summed E-state index contributed by atoms with van der Waals surface area (Å²) in [5.74, 6) is -1.13. The number of nitrogens with one attached hydrogen (secondary N) is 2. The predicted molar refractivity (Wildman–Crippen MR) is 94.5 cm³/mol. The molecule has 3 rings (SSSR count). The minimum absolute atomic E-state index is 0.0467. The highest BCUT2D eigenvalue weighted by Gasteiger charge is 2.28. The molecule has 11 heteroatoms. The predicted octanol–water partition coefficient (Wildman–Crippen LogP) is 4.15. The van der Waals surface area contributed by atoms with Crippen LogP contribution in [0.25, 0.3) is 11.4 Å². The van der Waals surface area contributed by atoms with Crippen LogP contribution in [0.1, 0.15) is 21.8 Å². The summed E-state index contributed by atoms with van der Waals surface area (Å²) in [6.07, 6.45) is -4.56. The molecule has 2 aromatic heterocycles. The van der Waals surface area contributed by atoms with E-state index in [1.54, 1.807) is 5.32 Å². The normalized spacial score (nSPS) is 11.5. The van der Waals surface area contributed by atoms with Gasteiger partial charge in [0.05, 0.1) is 6.54 Å². The Kier molecular flexibility index (Phi) is 5.63. The fourth-order valence-corrected chi connectivity index (χ4v) is 2.92. The number of hydrogen-bond acceptors (Lipinski definition) is 6. The van der Waals surface area contributed by atoms with Crippen LogP contribution >= 0.6 is 11.3 Å². The van der Waals surface area contributed by atoms with Gasteiger partial charge in [-0.2, -0.15) is 29.5 Å². The first-order valence-electron chi connectivity index (χ1n) is 7.97. The van der Waals surface area contributed by atoms with Crippen molar-refractivity contribution in [2.24, 2.45) is 0 Å². The highest BCUT2D eigenvalue weighted by atomic mass is 32.1. The van der Waals surface area contributed by atoms with Crippen molar-refractivity contribution in [1.29, 1.82) is 0 Å². The van der Waals surface area contributed by atoms with Crippen LogP contribution in [0, 0.1) is 12.7 Å². The number of benzene rings is 1. The lowest BCUT2D eigenvalue weighted by molar-refractivity contribution is -0.123. The molecule has 0 atom stereocenters. The number of thiophene rings is 1. The Morgan fingerprint density at radius 1 is 1.32 bits per heavy atom. The number of nitrogens with zero attached hydrogens (tertiary/aromatic N) is 2. The molecule has 0 fully saturated rings.